The van der Waals surface area contributed by atoms with E-state index < -0.39 is 30.0 Å². The zero-order chi connectivity index (χ0) is 43.8. The molecule has 2 aliphatic carbocycles. The first-order chi connectivity index (χ1) is 31.0. The van der Waals surface area contributed by atoms with Gasteiger partial charge in [0.15, 0.2) is 11.3 Å². The molecule has 3 amide bonds. The molecule has 3 atom stereocenters. The van der Waals surface area contributed by atoms with E-state index in [1.165, 1.54) is 10.7 Å². The summed E-state index contributed by atoms with van der Waals surface area (Å²) in [5.74, 6) is 0.923. The maximum Gasteiger partial charge on any atom is 0.329 e. The predicted molar refractivity (Wildman–Crippen MR) is 232 cm³/mol. The number of carbonyl (C=O) groups is 3. The predicted octanol–water partition coefficient (Wildman–Crippen LogP) is 4.27. The first-order valence-corrected chi connectivity index (χ1v) is 22.9. The van der Waals surface area contributed by atoms with Crippen LogP contribution in [0.25, 0.3) is 16.7 Å². The SMILES string of the molecule is Cn1c(=O)n(C2CCC(=O)NC2=O)c2cccc(C3CC(CN4CCN(CC5CCC(n6cc(NC(=O)c7cnn8ccc(N9C[C@H]%10CC9CO%10)nc78)c(C(F)F)n6)CC5)CC4)C3)c21. The van der Waals surface area contributed by atoms with Crippen LogP contribution in [0.4, 0.5) is 20.3 Å². The Morgan fingerprint density at radius 1 is 0.953 bits per heavy atom. The Bertz CT molecular complexity index is 2670. The molecule has 0 spiro atoms. The van der Waals surface area contributed by atoms with Gasteiger partial charge in [0.25, 0.3) is 12.3 Å². The molecule has 0 radical (unpaired) electrons. The van der Waals surface area contributed by atoms with Crippen molar-refractivity contribution in [1.82, 2.24) is 48.6 Å². The Kier molecular flexibility index (Phi) is 10.6. The number of amides is 3. The number of hydrogen-bond acceptors (Lipinski definition) is 11. The van der Waals surface area contributed by atoms with Gasteiger partial charge < -0.3 is 24.8 Å². The number of hydrogen-bond donors (Lipinski definition) is 2. The Labute approximate surface area is 367 Å². The molecule has 17 nitrogen and oxygen atoms in total. The Morgan fingerprint density at radius 2 is 1.72 bits per heavy atom. The highest BCUT2D eigenvalue weighted by Gasteiger charge is 2.40. The third kappa shape index (κ3) is 7.47. The van der Waals surface area contributed by atoms with Crippen molar-refractivity contribution in [3.05, 3.63) is 70.2 Å². The highest BCUT2D eigenvalue weighted by molar-refractivity contribution is 6.08. The van der Waals surface area contributed by atoms with Crippen LogP contribution >= 0.6 is 0 Å². The van der Waals surface area contributed by atoms with Crippen molar-refractivity contribution >= 4 is 45.9 Å². The number of imide groups is 1. The van der Waals surface area contributed by atoms with Gasteiger partial charge in [-0.3, -0.25) is 33.5 Å². The van der Waals surface area contributed by atoms with Gasteiger partial charge in [-0.15, -0.1) is 0 Å². The molecule has 19 heteroatoms. The first kappa shape index (κ1) is 41.2. The van der Waals surface area contributed by atoms with Gasteiger partial charge in [-0.1, -0.05) is 12.1 Å². The van der Waals surface area contributed by atoms with E-state index in [4.69, 9.17) is 9.72 Å². The molecule has 2 saturated carbocycles. The summed E-state index contributed by atoms with van der Waals surface area (Å²) in [5, 5.41) is 13.7. The topological polar surface area (TPSA) is 169 Å². The molecule has 2 N–H and O–H groups in total. The number of nitrogens with zero attached hydrogens (tertiary/aromatic N) is 10. The number of piperazine rings is 1. The van der Waals surface area contributed by atoms with Crippen molar-refractivity contribution in [3.63, 3.8) is 0 Å². The molecular weight excluding hydrogens is 827 g/mol. The molecule has 8 heterocycles. The van der Waals surface area contributed by atoms with Crippen molar-refractivity contribution in [1.29, 1.82) is 0 Å². The number of nitrogens with one attached hydrogen (secondary N) is 2. The second-order valence-electron chi connectivity index (χ2n) is 19.0. The standard InChI is InChI=1S/C45H54F2N12O5/c1-53-40-32(3-2-4-35(40)59(45(53)63)36-9-10-38(60)51-44(36)62)28-17-27(18-28)22-55-15-13-54(14-16-55)21-26-5-7-29(8-6-26)58-24-34(39(52-58)41(46)47)49-43(61)33-20-48-57-12-11-37(50-42(33)57)56-23-31-19-30(56)25-64-31/h2-4,11-12,20,24,26-31,36,41H,5-10,13-19,21-23,25H2,1H3,(H,49,61)(H,51,60,62)/t26?,27?,28?,29?,30?,31-,36?/m1/s1. The van der Waals surface area contributed by atoms with Gasteiger partial charge >= 0.3 is 5.69 Å². The molecule has 6 aliphatic rings. The first-order valence-electron chi connectivity index (χ1n) is 22.9. The smallest absolute Gasteiger partial charge is 0.329 e. The van der Waals surface area contributed by atoms with Gasteiger partial charge in [0.1, 0.15) is 17.4 Å². The van der Waals surface area contributed by atoms with Gasteiger partial charge in [0.2, 0.25) is 11.8 Å². The number of halogens is 2. The van der Waals surface area contributed by atoms with Gasteiger partial charge in [-0.2, -0.15) is 10.2 Å². The number of imidazole rings is 1. The minimum atomic E-state index is -2.85. The summed E-state index contributed by atoms with van der Waals surface area (Å²) in [5.41, 5.74) is 2.69. The summed E-state index contributed by atoms with van der Waals surface area (Å²) in [7, 11) is 1.77. The highest BCUT2D eigenvalue weighted by Crippen LogP contribution is 2.45. The number of carbonyl (C=O) groups excluding carboxylic acids is 3. The quantitative estimate of drug-likeness (QED) is 0.182. The highest BCUT2D eigenvalue weighted by atomic mass is 19.3. The largest absolute Gasteiger partial charge is 0.374 e. The summed E-state index contributed by atoms with van der Waals surface area (Å²) in [6, 6.07) is 7.40. The molecule has 6 fully saturated rings. The number of aromatic nitrogens is 7. The van der Waals surface area contributed by atoms with Crippen LogP contribution in [0, 0.1) is 11.8 Å². The van der Waals surface area contributed by atoms with E-state index in [0.717, 1.165) is 113 Å². The average molecular weight is 881 g/mol. The van der Waals surface area contributed by atoms with E-state index in [-0.39, 0.29) is 47.5 Å². The number of anilines is 2. The summed E-state index contributed by atoms with van der Waals surface area (Å²) in [4.78, 5) is 63.6. The monoisotopic (exact) mass is 880 g/mol. The third-order valence-electron chi connectivity index (χ3n) is 15.0. The molecule has 4 saturated heterocycles. The zero-order valence-corrected chi connectivity index (χ0v) is 36.0. The second-order valence-corrected chi connectivity index (χ2v) is 19.0. The molecule has 11 rings (SSSR count). The molecule has 5 aromatic rings. The van der Waals surface area contributed by atoms with Crippen LogP contribution in [0.15, 0.2) is 47.7 Å². The van der Waals surface area contributed by atoms with Crippen LogP contribution in [0.2, 0.25) is 0 Å². The van der Waals surface area contributed by atoms with E-state index >= 15 is 0 Å². The summed E-state index contributed by atoms with van der Waals surface area (Å²) < 4.78 is 40.8. The Balaban J connectivity index is 0.652. The van der Waals surface area contributed by atoms with Crippen molar-refractivity contribution in [3.8, 4) is 0 Å². The van der Waals surface area contributed by atoms with Crippen LogP contribution in [0.1, 0.15) is 104 Å². The number of benzene rings is 1. The number of piperidine rings is 1. The number of rotatable bonds is 11. The van der Waals surface area contributed by atoms with Gasteiger partial charge in [-0.05, 0) is 86.8 Å². The molecule has 338 valence electrons. The van der Waals surface area contributed by atoms with Crippen molar-refractivity contribution in [2.75, 3.05) is 62.6 Å². The van der Waals surface area contributed by atoms with E-state index in [1.54, 1.807) is 33.3 Å². The number of aryl methyl sites for hydroxylation is 1. The average Bonchev–Trinajstić information content (AvgIpc) is 4.13. The molecule has 64 heavy (non-hydrogen) atoms. The third-order valence-corrected chi connectivity index (χ3v) is 15.0. The Morgan fingerprint density at radius 3 is 2.42 bits per heavy atom. The minimum absolute atomic E-state index is 0.00737. The second kappa shape index (κ2) is 16.5. The summed E-state index contributed by atoms with van der Waals surface area (Å²) in [6.45, 7) is 7.55. The van der Waals surface area contributed by atoms with Gasteiger partial charge in [0, 0.05) is 71.7 Å². The van der Waals surface area contributed by atoms with Gasteiger partial charge in [-0.25, -0.2) is 23.1 Å². The number of ether oxygens (including phenoxy) is 1. The zero-order valence-electron chi connectivity index (χ0n) is 36.0. The number of alkyl halides is 2. The normalized spacial score (nSPS) is 27.8. The van der Waals surface area contributed by atoms with E-state index in [0.29, 0.717) is 36.4 Å². The fourth-order valence-corrected chi connectivity index (χ4v) is 11.5. The lowest BCUT2D eigenvalue weighted by atomic mass is 9.71. The lowest BCUT2D eigenvalue weighted by Gasteiger charge is -2.42. The fraction of sp³-hybridized carbons (Fsp3) is 0.578. The lowest BCUT2D eigenvalue weighted by molar-refractivity contribution is -0.135. The van der Waals surface area contributed by atoms with Crippen molar-refractivity contribution in [2.45, 2.75) is 94.4 Å². The fourth-order valence-electron chi connectivity index (χ4n) is 11.5. The molecule has 1 aromatic carbocycles. The lowest BCUT2D eigenvalue weighted by Crippen LogP contribution is -2.50. The van der Waals surface area contributed by atoms with Crippen molar-refractivity contribution in [2.24, 2.45) is 18.9 Å². The summed E-state index contributed by atoms with van der Waals surface area (Å²) in [6.07, 6.45) is 9.30. The van der Waals surface area contributed by atoms with Crippen LogP contribution in [-0.2, 0) is 21.4 Å². The van der Waals surface area contributed by atoms with E-state index in [1.807, 2.05) is 18.2 Å². The van der Waals surface area contributed by atoms with E-state index in [2.05, 4.69) is 41.6 Å². The number of fused-ring (bicyclic) bond motifs is 4. The van der Waals surface area contributed by atoms with Crippen LogP contribution in [0.5, 0.6) is 0 Å². The maximum absolute atomic E-state index is 14.3. The molecule has 4 aromatic heterocycles. The molecule has 2 bridgehead atoms. The van der Waals surface area contributed by atoms with Crippen molar-refractivity contribution < 1.29 is 27.9 Å². The Hall–Kier alpha value is -5.53. The minimum Gasteiger partial charge on any atom is -0.374 e. The maximum atomic E-state index is 14.3. The van der Waals surface area contributed by atoms with E-state index in [9.17, 15) is 28.0 Å². The number of morpholine rings is 1. The van der Waals surface area contributed by atoms with Gasteiger partial charge in [0.05, 0.1) is 47.7 Å². The molecule has 2 unspecified atom stereocenters. The molecular formula is C45H54F2N12O5. The molecule has 4 aliphatic heterocycles. The van der Waals surface area contributed by atoms with Crippen LogP contribution in [-0.4, -0.2) is 126 Å². The van der Waals surface area contributed by atoms with Crippen LogP contribution < -0.4 is 21.2 Å². The summed E-state index contributed by atoms with van der Waals surface area (Å²) >= 11 is 0. The van der Waals surface area contributed by atoms with Crippen LogP contribution in [0.3, 0.4) is 0 Å². The number of para-hydroxylation sites is 1.